The molecule has 0 bridgehead atoms. The van der Waals surface area contributed by atoms with Gasteiger partial charge in [-0.15, -0.1) is 0 Å². The van der Waals surface area contributed by atoms with E-state index in [4.69, 9.17) is 9.47 Å². The highest BCUT2D eigenvalue weighted by Gasteiger charge is 2.08. The van der Waals surface area contributed by atoms with E-state index < -0.39 is 0 Å². The largest absolute Gasteiger partial charge is 0.494 e. The maximum absolute atomic E-state index is 12.1. The van der Waals surface area contributed by atoms with Gasteiger partial charge in [0.1, 0.15) is 11.5 Å². The minimum absolute atomic E-state index is 0.0845. The molecule has 0 saturated heterocycles. The highest BCUT2D eigenvalue weighted by molar-refractivity contribution is 6.00. The minimum Gasteiger partial charge on any atom is -0.494 e. The van der Waals surface area contributed by atoms with Gasteiger partial charge >= 0.3 is 0 Å². The number of hydrogen-bond acceptors (Lipinski definition) is 4. The molecule has 0 aliphatic heterocycles. The fourth-order valence-electron chi connectivity index (χ4n) is 2.36. The summed E-state index contributed by atoms with van der Waals surface area (Å²) in [5, 5.41) is 3.81. The molecule has 0 aliphatic rings. The van der Waals surface area contributed by atoms with Gasteiger partial charge in [-0.1, -0.05) is 24.3 Å². The molecule has 0 fully saturated rings. The first kappa shape index (κ1) is 15.8. The van der Waals surface area contributed by atoms with Gasteiger partial charge in [-0.05, 0) is 31.2 Å². The second kappa shape index (κ2) is 7.46. The maximum atomic E-state index is 12.1. The van der Waals surface area contributed by atoms with Crippen molar-refractivity contribution >= 4 is 22.5 Å². The lowest BCUT2D eigenvalue weighted by Gasteiger charge is -2.10. The SMILES string of the molecule is CCOc1cccc(OCC(=O)Nc2cccc3cccnc23)c1. The molecule has 0 saturated carbocycles. The average molecular weight is 322 g/mol. The van der Waals surface area contributed by atoms with E-state index in [1.807, 2.05) is 49.4 Å². The minimum atomic E-state index is -0.241. The number of carbonyl (C=O) groups is 1. The quantitative estimate of drug-likeness (QED) is 0.752. The van der Waals surface area contributed by atoms with Crippen molar-refractivity contribution in [2.45, 2.75) is 6.92 Å². The van der Waals surface area contributed by atoms with Crippen molar-refractivity contribution in [1.82, 2.24) is 4.98 Å². The van der Waals surface area contributed by atoms with Gasteiger partial charge in [0.2, 0.25) is 0 Å². The van der Waals surface area contributed by atoms with E-state index in [2.05, 4.69) is 10.3 Å². The highest BCUT2D eigenvalue weighted by Crippen LogP contribution is 2.21. The van der Waals surface area contributed by atoms with Crippen molar-refractivity contribution in [2.24, 2.45) is 0 Å². The topological polar surface area (TPSA) is 60.5 Å². The summed E-state index contributed by atoms with van der Waals surface area (Å²) in [6, 6.07) is 16.7. The number of ether oxygens (including phenoxy) is 2. The van der Waals surface area contributed by atoms with Crippen LogP contribution in [0.2, 0.25) is 0 Å². The van der Waals surface area contributed by atoms with Crippen LogP contribution >= 0.6 is 0 Å². The predicted octanol–water partition coefficient (Wildman–Crippen LogP) is 3.65. The number of nitrogens with zero attached hydrogens (tertiary/aromatic N) is 1. The third kappa shape index (κ3) is 3.81. The van der Waals surface area contributed by atoms with E-state index >= 15 is 0 Å². The number of para-hydroxylation sites is 1. The molecule has 24 heavy (non-hydrogen) atoms. The van der Waals surface area contributed by atoms with Crippen molar-refractivity contribution in [2.75, 3.05) is 18.5 Å². The molecule has 3 rings (SSSR count). The molecule has 0 spiro atoms. The Bertz CT molecular complexity index is 843. The number of nitrogens with one attached hydrogen (secondary N) is 1. The molecule has 0 unspecified atom stereocenters. The fourth-order valence-corrected chi connectivity index (χ4v) is 2.36. The normalized spacial score (nSPS) is 10.4. The Balaban J connectivity index is 1.64. The lowest BCUT2D eigenvalue weighted by molar-refractivity contribution is -0.118. The molecule has 1 aromatic heterocycles. The monoisotopic (exact) mass is 322 g/mol. The summed E-state index contributed by atoms with van der Waals surface area (Å²) in [5.74, 6) is 1.07. The lowest BCUT2D eigenvalue weighted by Crippen LogP contribution is -2.20. The molecular formula is C19H18N2O3. The number of anilines is 1. The second-order valence-corrected chi connectivity index (χ2v) is 5.13. The summed E-state index contributed by atoms with van der Waals surface area (Å²) in [4.78, 5) is 16.5. The van der Waals surface area contributed by atoms with Gasteiger partial charge in [-0.3, -0.25) is 9.78 Å². The predicted molar refractivity (Wildman–Crippen MR) is 93.5 cm³/mol. The van der Waals surface area contributed by atoms with E-state index in [1.54, 1.807) is 18.3 Å². The van der Waals surface area contributed by atoms with Crippen molar-refractivity contribution < 1.29 is 14.3 Å². The number of fused-ring (bicyclic) bond motifs is 1. The molecule has 0 radical (unpaired) electrons. The van der Waals surface area contributed by atoms with Crippen molar-refractivity contribution in [3.8, 4) is 11.5 Å². The Morgan fingerprint density at radius 3 is 2.62 bits per heavy atom. The standard InChI is InChI=1S/C19H18N2O3/c1-2-23-15-8-4-9-16(12-15)24-13-18(22)21-17-10-3-6-14-7-5-11-20-19(14)17/h3-12H,2,13H2,1H3,(H,21,22). The number of hydrogen-bond donors (Lipinski definition) is 1. The van der Waals surface area contributed by atoms with Gasteiger partial charge < -0.3 is 14.8 Å². The number of amides is 1. The summed E-state index contributed by atoms with van der Waals surface area (Å²) in [6.45, 7) is 2.41. The number of carbonyl (C=O) groups excluding carboxylic acids is 1. The molecule has 0 aliphatic carbocycles. The van der Waals surface area contributed by atoms with Crippen LogP contribution in [0.5, 0.6) is 11.5 Å². The molecule has 0 atom stereocenters. The van der Waals surface area contributed by atoms with E-state index in [0.29, 0.717) is 23.8 Å². The third-order valence-corrected chi connectivity index (χ3v) is 3.39. The zero-order chi connectivity index (χ0) is 16.8. The first-order valence-electron chi connectivity index (χ1n) is 7.75. The lowest BCUT2D eigenvalue weighted by atomic mass is 10.2. The van der Waals surface area contributed by atoms with Crippen LogP contribution in [-0.2, 0) is 4.79 Å². The summed E-state index contributed by atoms with van der Waals surface area (Å²) in [6.07, 6.45) is 1.70. The summed E-state index contributed by atoms with van der Waals surface area (Å²) >= 11 is 0. The summed E-state index contributed by atoms with van der Waals surface area (Å²) in [5.41, 5.74) is 1.43. The number of rotatable bonds is 6. The highest BCUT2D eigenvalue weighted by atomic mass is 16.5. The van der Waals surface area contributed by atoms with E-state index in [-0.39, 0.29) is 12.5 Å². The van der Waals surface area contributed by atoms with E-state index in [1.165, 1.54) is 0 Å². The first-order valence-corrected chi connectivity index (χ1v) is 7.75. The number of pyridine rings is 1. The molecule has 122 valence electrons. The molecular weight excluding hydrogens is 304 g/mol. The number of benzene rings is 2. The molecule has 1 amide bonds. The first-order chi connectivity index (χ1) is 11.8. The Hall–Kier alpha value is -3.08. The molecule has 3 aromatic rings. The molecule has 5 heteroatoms. The van der Waals surface area contributed by atoms with E-state index in [0.717, 1.165) is 10.9 Å². The van der Waals surface area contributed by atoms with Gasteiger partial charge in [-0.2, -0.15) is 0 Å². The fraction of sp³-hybridized carbons (Fsp3) is 0.158. The van der Waals surface area contributed by atoms with Crippen molar-refractivity contribution in [3.63, 3.8) is 0 Å². The van der Waals surface area contributed by atoms with Crippen LogP contribution in [-0.4, -0.2) is 24.1 Å². The Kier molecular flexibility index (Phi) is 4.91. The Morgan fingerprint density at radius 2 is 1.79 bits per heavy atom. The van der Waals surface area contributed by atoms with Gasteiger partial charge in [0.05, 0.1) is 17.8 Å². The average Bonchev–Trinajstić information content (AvgIpc) is 2.61. The zero-order valence-electron chi connectivity index (χ0n) is 13.4. The van der Waals surface area contributed by atoms with Gasteiger partial charge in [-0.25, -0.2) is 0 Å². The second-order valence-electron chi connectivity index (χ2n) is 5.13. The van der Waals surface area contributed by atoms with E-state index in [9.17, 15) is 4.79 Å². The maximum Gasteiger partial charge on any atom is 0.262 e. The van der Waals surface area contributed by atoms with Crippen LogP contribution in [0.3, 0.4) is 0 Å². The Labute approximate surface area is 140 Å². The molecule has 1 heterocycles. The molecule has 1 N–H and O–H groups in total. The van der Waals surface area contributed by atoms with Crippen LogP contribution in [0, 0.1) is 0 Å². The Morgan fingerprint density at radius 1 is 1.04 bits per heavy atom. The smallest absolute Gasteiger partial charge is 0.262 e. The zero-order valence-corrected chi connectivity index (χ0v) is 13.4. The third-order valence-electron chi connectivity index (χ3n) is 3.39. The van der Waals surface area contributed by atoms with Crippen LogP contribution in [0.25, 0.3) is 10.9 Å². The molecule has 2 aromatic carbocycles. The van der Waals surface area contributed by atoms with Gasteiger partial charge in [0, 0.05) is 17.6 Å². The van der Waals surface area contributed by atoms with Crippen molar-refractivity contribution in [1.29, 1.82) is 0 Å². The number of aromatic nitrogens is 1. The van der Waals surface area contributed by atoms with Crippen molar-refractivity contribution in [3.05, 3.63) is 60.8 Å². The van der Waals surface area contributed by atoms with Crippen LogP contribution in [0.1, 0.15) is 6.92 Å². The van der Waals surface area contributed by atoms with Crippen LogP contribution < -0.4 is 14.8 Å². The van der Waals surface area contributed by atoms with Crippen LogP contribution in [0.4, 0.5) is 5.69 Å². The van der Waals surface area contributed by atoms with Gasteiger partial charge in [0.15, 0.2) is 6.61 Å². The summed E-state index contributed by atoms with van der Waals surface area (Å²) in [7, 11) is 0. The summed E-state index contributed by atoms with van der Waals surface area (Å²) < 4.78 is 10.9. The van der Waals surface area contributed by atoms with Crippen LogP contribution in [0.15, 0.2) is 60.8 Å². The molecule has 5 nitrogen and oxygen atoms in total. The van der Waals surface area contributed by atoms with Gasteiger partial charge in [0.25, 0.3) is 5.91 Å².